The molecule has 0 aromatic heterocycles. The average molecular weight is 510 g/mol. The number of hydrogen-bond donors (Lipinski definition) is 3. The Bertz CT molecular complexity index is 1120. The Labute approximate surface area is 217 Å². The van der Waals surface area contributed by atoms with Crippen LogP contribution < -0.4 is 15.4 Å². The van der Waals surface area contributed by atoms with Crippen molar-refractivity contribution >= 4 is 23.7 Å². The van der Waals surface area contributed by atoms with Gasteiger partial charge in [-0.1, -0.05) is 51.1 Å². The second kappa shape index (κ2) is 13.0. The summed E-state index contributed by atoms with van der Waals surface area (Å²) in [5.74, 6) is -1.81. The van der Waals surface area contributed by atoms with Crippen LogP contribution in [-0.4, -0.2) is 52.5 Å². The molecule has 0 bridgehead atoms. The van der Waals surface area contributed by atoms with Gasteiger partial charge in [0.15, 0.2) is 0 Å². The molecule has 3 amide bonds. The van der Waals surface area contributed by atoms with Gasteiger partial charge in [0.25, 0.3) is 11.8 Å². The molecule has 1 heterocycles. The van der Waals surface area contributed by atoms with E-state index in [1.165, 1.54) is 6.07 Å². The summed E-state index contributed by atoms with van der Waals surface area (Å²) in [6, 6.07) is 13.4. The van der Waals surface area contributed by atoms with Gasteiger partial charge < -0.3 is 15.2 Å². The summed E-state index contributed by atoms with van der Waals surface area (Å²) in [7, 11) is 0. The number of aliphatic carboxylic acids is 1. The summed E-state index contributed by atoms with van der Waals surface area (Å²) in [5.41, 5.74) is 1.36. The van der Waals surface area contributed by atoms with Crippen LogP contribution in [0.1, 0.15) is 72.7 Å². The molecule has 1 aliphatic heterocycles. The first kappa shape index (κ1) is 27.9. The molecule has 0 aliphatic carbocycles. The number of fused-ring (bicyclic) bond motifs is 1. The Morgan fingerprint density at radius 3 is 2.38 bits per heavy atom. The SMILES string of the molecule is CCCOc1ccc2c(c1)C(=O)N(C(CCC(=O)O)N[C@@H](CC(C)C)C(=O)NCc1ccccc1)C2=O. The van der Waals surface area contributed by atoms with E-state index in [0.717, 1.165) is 16.9 Å². The van der Waals surface area contributed by atoms with Crippen molar-refractivity contribution in [3.8, 4) is 5.75 Å². The number of amides is 3. The van der Waals surface area contributed by atoms with Gasteiger partial charge in [0, 0.05) is 13.0 Å². The largest absolute Gasteiger partial charge is 0.494 e. The highest BCUT2D eigenvalue weighted by molar-refractivity contribution is 6.21. The molecule has 2 aromatic carbocycles. The third-order valence-electron chi connectivity index (χ3n) is 6.03. The van der Waals surface area contributed by atoms with Crippen LogP contribution in [0.3, 0.4) is 0 Å². The second-order valence-electron chi connectivity index (χ2n) is 9.54. The van der Waals surface area contributed by atoms with Gasteiger partial charge in [0.05, 0.1) is 29.9 Å². The number of carboxylic acid groups (broad SMARTS) is 1. The molecule has 0 spiro atoms. The molecular weight excluding hydrogens is 474 g/mol. The number of carboxylic acids is 1. The van der Waals surface area contributed by atoms with Gasteiger partial charge in [-0.05, 0) is 48.9 Å². The molecule has 2 aromatic rings. The first-order valence-electron chi connectivity index (χ1n) is 12.7. The molecule has 0 saturated carbocycles. The molecule has 9 heteroatoms. The molecular formula is C28H35N3O6. The zero-order valence-corrected chi connectivity index (χ0v) is 21.5. The number of nitrogens with zero attached hydrogens (tertiary/aromatic N) is 1. The maximum atomic E-state index is 13.4. The minimum absolute atomic E-state index is 0.0411. The van der Waals surface area contributed by atoms with E-state index in [9.17, 15) is 24.3 Å². The van der Waals surface area contributed by atoms with Crippen molar-refractivity contribution in [3.63, 3.8) is 0 Å². The Morgan fingerprint density at radius 2 is 1.73 bits per heavy atom. The van der Waals surface area contributed by atoms with E-state index in [-0.39, 0.29) is 35.8 Å². The fourth-order valence-electron chi connectivity index (χ4n) is 4.24. The van der Waals surface area contributed by atoms with Crippen molar-refractivity contribution < 1.29 is 29.0 Å². The highest BCUT2D eigenvalue weighted by Gasteiger charge is 2.41. The smallest absolute Gasteiger partial charge is 0.303 e. The van der Waals surface area contributed by atoms with Gasteiger partial charge in [-0.15, -0.1) is 0 Å². The number of carbonyl (C=O) groups excluding carboxylic acids is 3. The molecule has 0 fully saturated rings. The van der Waals surface area contributed by atoms with Crippen molar-refractivity contribution in [2.45, 2.75) is 65.2 Å². The summed E-state index contributed by atoms with van der Waals surface area (Å²) >= 11 is 0. The van der Waals surface area contributed by atoms with Crippen LogP contribution in [0, 0.1) is 5.92 Å². The van der Waals surface area contributed by atoms with Crippen molar-refractivity contribution in [2.75, 3.05) is 6.61 Å². The van der Waals surface area contributed by atoms with E-state index in [4.69, 9.17) is 4.74 Å². The number of carbonyl (C=O) groups is 4. The molecule has 3 N–H and O–H groups in total. The Balaban J connectivity index is 1.83. The molecule has 0 radical (unpaired) electrons. The van der Waals surface area contributed by atoms with Crippen molar-refractivity contribution in [2.24, 2.45) is 5.92 Å². The van der Waals surface area contributed by atoms with Crippen LogP contribution in [0.25, 0.3) is 0 Å². The number of ether oxygens (including phenoxy) is 1. The fraction of sp³-hybridized carbons (Fsp3) is 0.429. The van der Waals surface area contributed by atoms with Crippen LogP contribution in [0.15, 0.2) is 48.5 Å². The lowest BCUT2D eigenvalue weighted by molar-refractivity contribution is -0.137. The van der Waals surface area contributed by atoms with E-state index >= 15 is 0 Å². The zero-order chi connectivity index (χ0) is 26.9. The molecule has 0 saturated heterocycles. The van der Waals surface area contributed by atoms with Crippen molar-refractivity contribution in [1.29, 1.82) is 0 Å². The fourth-order valence-corrected chi connectivity index (χ4v) is 4.24. The maximum absolute atomic E-state index is 13.4. The van der Waals surface area contributed by atoms with E-state index in [2.05, 4.69) is 10.6 Å². The summed E-state index contributed by atoms with van der Waals surface area (Å²) < 4.78 is 5.61. The number of benzene rings is 2. The second-order valence-corrected chi connectivity index (χ2v) is 9.54. The average Bonchev–Trinajstić information content (AvgIpc) is 3.12. The number of rotatable bonds is 14. The van der Waals surface area contributed by atoms with Crippen LogP contribution in [0.4, 0.5) is 0 Å². The van der Waals surface area contributed by atoms with Gasteiger partial charge in [0.2, 0.25) is 5.91 Å². The monoisotopic (exact) mass is 509 g/mol. The molecule has 198 valence electrons. The van der Waals surface area contributed by atoms with Crippen molar-refractivity contribution in [3.05, 3.63) is 65.2 Å². The van der Waals surface area contributed by atoms with Crippen LogP contribution >= 0.6 is 0 Å². The standard InChI is InChI=1S/C28H35N3O6/c1-4-14-37-20-10-11-21-22(16-20)28(36)31(27(21)35)24(12-13-25(32)33)30-23(15-18(2)3)26(34)29-17-19-8-6-5-7-9-19/h5-11,16,18,23-24,30H,4,12-15,17H2,1-3H3,(H,29,34)(H,32,33)/t23-,24?/m0/s1. The summed E-state index contributed by atoms with van der Waals surface area (Å²) in [4.78, 5) is 52.2. The van der Waals surface area contributed by atoms with Crippen LogP contribution in [-0.2, 0) is 16.1 Å². The highest BCUT2D eigenvalue weighted by Crippen LogP contribution is 2.29. The number of nitrogens with one attached hydrogen (secondary N) is 2. The minimum Gasteiger partial charge on any atom is -0.494 e. The maximum Gasteiger partial charge on any atom is 0.303 e. The van der Waals surface area contributed by atoms with Gasteiger partial charge in [-0.25, -0.2) is 0 Å². The highest BCUT2D eigenvalue weighted by atomic mass is 16.5. The quantitative estimate of drug-likeness (QED) is 0.332. The summed E-state index contributed by atoms with van der Waals surface area (Å²) in [6.45, 7) is 6.69. The van der Waals surface area contributed by atoms with Crippen LogP contribution in [0.2, 0.25) is 0 Å². The number of imide groups is 1. The van der Waals surface area contributed by atoms with Crippen LogP contribution in [0.5, 0.6) is 5.75 Å². The lowest BCUT2D eigenvalue weighted by Gasteiger charge is -2.31. The molecule has 9 nitrogen and oxygen atoms in total. The molecule has 1 aliphatic rings. The normalized spacial score (nSPS) is 14.4. The van der Waals surface area contributed by atoms with E-state index < -0.39 is 30.0 Å². The third-order valence-corrected chi connectivity index (χ3v) is 6.03. The molecule has 2 atom stereocenters. The minimum atomic E-state index is -1.06. The van der Waals surface area contributed by atoms with Gasteiger partial charge in [0.1, 0.15) is 5.75 Å². The Kier molecular flexibility index (Phi) is 9.79. The molecule has 3 rings (SSSR count). The molecule has 1 unspecified atom stereocenters. The van der Waals surface area contributed by atoms with Gasteiger partial charge in [-0.2, -0.15) is 0 Å². The third kappa shape index (κ3) is 7.39. The lowest BCUT2D eigenvalue weighted by atomic mass is 10.0. The van der Waals surface area contributed by atoms with Gasteiger partial charge in [-0.3, -0.25) is 29.4 Å². The Morgan fingerprint density at radius 1 is 1.03 bits per heavy atom. The topological polar surface area (TPSA) is 125 Å². The predicted molar refractivity (Wildman–Crippen MR) is 138 cm³/mol. The van der Waals surface area contributed by atoms with E-state index in [1.54, 1.807) is 12.1 Å². The zero-order valence-electron chi connectivity index (χ0n) is 21.5. The summed E-state index contributed by atoms with van der Waals surface area (Å²) in [5, 5.41) is 15.4. The lowest BCUT2D eigenvalue weighted by Crippen LogP contribution is -2.56. The predicted octanol–water partition coefficient (Wildman–Crippen LogP) is 3.58. The van der Waals surface area contributed by atoms with Gasteiger partial charge >= 0.3 is 5.97 Å². The number of hydrogen-bond acceptors (Lipinski definition) is 6. The van der Waals surface area contributed by atoms with Crippen molar-refractivity contribution in [1.82, 2.24) is 15.5 Å². The van der Waals surface area contributed by atoms with E-state index in [0.29, 0.717) is 25.3 Å². The van der Waals surface area contributed by atoms with E-state index in [1.807, 2.05) is 51.1 Å². The summed E-state index contributed by atoms with van der Waals surface area (Å²) in [6.07, 6.45) is -0.0746. The first-order valence-corrected chi connectivity index (χ1v) is 12.7. The molecule has 37 heavy (non-hydrogen) atoms. The Hall–Kier alpha value is -3.72. The first-order chi connectivity index (χ1) is 17.7.